The Balaban J connectivity index is 0.00000392. The van der Waals surface area contributed by atoms with Crippen LogP contribution in [0.3, 0.4) is 0 Å². The highest BCUT2D eigenvalue weighted by Crippen LogP contribution is 2.33. The Hall–Kier alpha value is -2.30. The van der Waals surface area contributed by atoms with Gasteiger partial charge in [0, 0.05) is 19.2 Å². The van der Waals surface area contributed by atoms with Crippen LogP contribution in [-0.2, 0) is 26.6 Å². The molecular weight excluding hydrogens is 471 g/mol. The fourth-order valence-electron chi connectivity index (χ4n) is 2.66. The number of hydrogen-bond donors (Lipinski definition) is 2. The van der Waals surface area contributed by atoms with Crippen molar-refractivity contribution in [2.75, 3.05) is 20.8 Å². The van der Waals surface area contributed by atoms with Crippen LogP contribution in [0, 0.1) is 0 Å². The number of benzene rings is 1. The Morgan fingerprint density at radius 1 is 1.29 bits per heavy atom. The maximum absolute atomic E-state index is 5.48. The largest absolute Gasteiger partial charge is 0.493 e. The van der Waals surface area contributed by atoms with Crippen molar-refractivity contribution in [3.8, 4) is 11.5 Å². The predicted octanol–water partition coefficient (Wildman–Crippen LogP) is 2.43. The highest BCUT2D eigenvalue weighted by molar-refractivity contribution is 14.0. The van der Waals surface area contributed by atoms with Crippen LogP contribution in [0.15, 0.2) is 36.1 Å². The fourth-order valence-corrected chi connectivity index (χ4v) is 2.66. The Kier molecular flexibility index (Phi) is 10.4. The van der Waals surface area contributed by atoms with Crippen molar-refractivity contribution in [3.05, 3.63) is 48.1 Å². The van der Waals surface area contributed by atoms with E-state index in [1.807, 2.05) is 26.1 Å². The summed E-state index contributed by atoms with van der Waals surface area (Å²) < 4.78 is 12.7. The zero-order chi connectivity index (χ0) is 19.6. The SMILES string of the molecule is C=CCc1cc(CN=C(NCC)NCc2ncnn2C)cc(OC)c1OC.I. The standard InChI is InChI=1S/C19H28N6O2.HI/c1-6-8-15-9-14(10-16(26-4)18(15)27-5)11-21-19(20-7-2)22-12-17-23-13-24-25(17)3;/h6,9-10,13H,1,7-8,11-12H2,2-5H3,(H2,20,21,22);1H. The van der Waals surface area contributed by atoms with E-state index in [1.54, 1.807) is 18.9 Å². The van der Waals surface area contributed by atoms with Gasteiger partial charge in [-0.3, -0.25) is 4.68 Å². The fraction of sp³-hybridized carbons (Fsp3) is 0.421. The van der Waals surface area contributed by atoms with E-state index in [2.05, 4.69) is 38.4 Å². The Labute approximate surface area is 183 Å². The molecule has 0 aliphatic carbocycles. The minimum atomic E-state index is 0. The molecule has 8 nitrogen and oxygen atoms in total. The number of aromatic nitrogens is 3. The predicted molar refractivity (Wildman–Crippen MR) is 122 cm³/mol. The highest BCUT2D eigenvalue weighted by Gasteiger charge is 2.12. The Morgan fingerprint density at radius 3 is 2.64 bits per heavy atom. The number of nitrogens with one attached hydrogen (secondary N) is 2. The molecule has 0 saturated heterocycles. The van der Waals surface area contributed by atoms with Gasteiger partial charge >= 0.3 is 0 Å². The van der Waals surface area contributed by atoms with E-state index in [0.717, 1.165) is 29.2 Å². The van der Waals surface area contributed by atoms with Gasteiger partial charge in [0.25, 0.3) is 0 Å². The van der Waals surface area contributed by atoms with Crippen LogP contribution in [0.2, 0.25) is 0 Å². The van der Waals surface area contributed by atoms with Crippen molar-refractivity contribution < 1.29 is 9.47 Å². The number of aliphatic imine (C=N–C) groups is 1. The van der Waals surface area contributed by atoms with Crippen LogP contribution >= 0.6 is 24.0 Å². The molecule has 0 aliphatic rings. The monoisotopic (exact) mass is 500 g/mol. The number of guanidine groups is 1. The second-order valence-electron chi connectivity index (χ2n) is 5.83. The van der Waals surface area contributed by atoms with Crippen molar-refractivity contribution in [1.29, 1.82) is 0 Å². The van der Waals surface area contributed by atoms with Gasteiger partial charge in [0.1, 0.15) is 12.2 Å². The van der Waals surface area contributed by atoms with Crippen LogP contribution in [0.25, 0.3) is 0 Å². The van der Waals surface area contributed by atoms with Crippen molar-refractivity contribution in [2.24, 2.45) is 12.0 Å². The average Bonchev–Trinajstić information content (AvgIpc) is 3.08. The molecule has 0 spiro atoms. The Bertz CT molecular complexity index is 791. The summed E-state index contributed by atoms with van der Waals surface area (Å²) in [7, 11) is 5.13. The molecule has 2 rings (SSSR count). The van der Waals surface area contributed by atoms with Gasteiger partial charge < -0.3 is 20.1 Å². The lowest BCUT2D eigenvalue weighted by Gasteiger charge is -2.14. The molecule has 0 saturated carbocycles. The first-order chi connectivity index (χ1) is 13.1. The van der Waals surface area contributed by atoms with E-state index in [9.17, 15) is 0 Å². The third-order valence-electron chi connectivity index (χ3n) is 3.96. The van der Waals surface area contributed by atoms with Crippen LogP contribution in [0.5, 0.6) is 11.5 Å². The number of rotatable bonds is 9. The zero-order valence-corrected chi connectivity index (χ0v) is 19.2. The minimum absolute atomic E-state index is 0. The number of ether oxygens (including phenoxy) is 2. The Morgan fingerprint density at radius 2 is 2.07 bits per heavy atom. The van der Waals surface area contributed by atoms with Crippen LogP contribution in [0.1, 0.15) is 23.9 Å². The first-order valence-corrected chi connectivity index (χ1v) is 8.82. The molecule has 0 fully saturated rings. The molecular formula is C19H29IN6O2. The summed E-state index contributed by atoms with van der Waals surface area (Å²) >= 11 is 0. The molecule has 0 unspecified atom stereocenters. The molecule has 0 aliphatic heterocycles. The third kappa shape index (κ3) is 6.39. The van der Waals surface area contributed by atoms with E-state index in [4.69, 9.17) is 9.47 Å². The first-order valence-electron chi connectivity index (χ1n) is 8.82. The van der Waals surface area contributed by atoms with E-state index in [0.29, 0.717) is 31.2 Å². The summed E-state index contributed by atoms with van der Waals surface area (Å²) in [6, 6.07) is 4.01. The van der Waals surface area contributed by atoms with Crippen molar-refractivity contribution >= 4 is 29.9 Å². The maximum atomic E-state index is 5.48. The average molecular weight is 500 g/mol. The van der Waals surface area contributed by atoms with Gasteiger partial charge in [0.15, 0.2) is 17.5 Å². The van der Waals surface area contributed by atoms with Gasteiger partial charge in [-0.15, -0.1) is 30.6 Å². The molecule has 1 heterocycles. The second kappa shape index (κ2) is 12.2. The number of halogens is 1. The van der Waals surface area contributed by atoms with Gasteiger partial charge in [0.2, 0.25) is 0 Å². The highest BCUT2D eigenvalue weighted by atomic mass is 127. The molecule has 0 atom stereocenters. The lowest BCUT2D eigenvalue weighted by molar-refractivity contribution is 0.352. The smallest absolute Gasteiger partial charge is 0.191 e. The lowest BCUT2D eigenvalue weighted by Crippen LogP contribution is -2.37. The van der Waals surface area contributed by atoms with Crippen LogP contribution in [0.4, 0.5) is 0 Å². The van der Waals surface area contributed by atoms with E-state index >= 15 is 0 Å². The quantitative estimate of drug-likeness (QED) is 0.238. The molecule has 0 bridgehead atoms. The first kappa shape index (κ1) is 23.7. The second-order valence-corrected chi connectivity index (χ2v) is 5.83. The molecule has 1 aromatic carbocycles. The minimum Gasteiger partial charge on any atom is -0.493 e. The molecule has 1 aromatic heterocycles. The van der Waals surface area contributed by atoms with Crippen molar-refractivity contribution in [1.82, 2.24) is 25.4 Å². The normalized spacial score (nSPS) is 10.8. The van der Waals surface area contributed by atoms with Gasteiger partial charge in [-0.05, 0) is 31.0 Å². The summed E-state index contributed by atoms with van der Waals surface area (Å²) in [6.07, 6.45) is 4.07. The molecule has 28 heavy (non-hydrogen) atoms. The van der Waals surface area contributed by atoms with E-state index in [-0.39, 0.29) is 24.0 Å². The summed E-state index contributed by atoms with van der Waals surface area (Å²) in [5, 5.41) is 10.6. The van der Waals surface area contributed by atoms with E-state index in [1.165, 1.54) is 6.33 Å². The third-order valence-corrected chi connectivity index (χ3v) is 3.96. The van der Waals surface area contributed by atoms with Gasteiger partial charge in [0.05, 0.1) is 27.3 Å². The maximum Gasteiger partial charge on any atom is 0.191 e. The van der Waals surface area contributed by atoms with E-state index < -0.39 is 0 Å². The van der Waals surface area contributed by atoms with Crippen molar-refractivity contribution in [3.63, 3.8) is 0 Å². The summed E-state index contributed by atoms with van der Waals surface area (Å²) in [5.41, 5.74) is 2.05. The molecule has 154 valence electrons. The zero-order valence-electron chi connectivity index (χ0n) is 16.9. The topological polar surface area (TPSA) is 85.6 Å². The van der Waals surface area contributed by atoms with Gasteiger partial charge in [-0.1, -0.05) is 6.08 Å². The van der Waals surface area contributed by atoms with Crippen molar-refractivity contribution in [2.45, 2.75) is 26.4 Å². The van der Waals surface area contributed by atoms with Gasteiger partial charge in [-0.2, -0.15) is 5.10 Å². The van der Waals surface area contributed by atoms with Crippen LogP contribution < -0.4 is 20.1 Å². The number of hydrogen-bond acceptors (Lipinski definition) is 5. The molecule has 0 amide bonds. The molecule has 9 heteroatoms. The van der Waals surface area contributed by atoms with Gasteiger partial charge in [-0.25, -0.2) is 9.98 Å². The number of nitrogens with zero attached hydrogens (tertiary/aromatic N) is 4. The number of allylic oxidation sites excluding steroid dienone is 1. The van der Waals surface area contributed by atoms with Crippen LogP contribution in [-0.4, -0.2) is 41.5 Å². The number of aryl methyl sites for hydroxylation is 1. The molecule has 2 N–H and O–H groups in total. The molecule has 2 aromatic rings. The summed E-state index contributed by atoms with van der Waals surface area (Å²) in [4.78, 5) is 8.87. The lowest BCUT2D eigenvalue weighted by atomic mass is 10.1. The summed E-state index contributed by atoms with van der Waals surface area (Å²) in [5.74, 6) is 2.97. The summed E-state index contributed by atoms with van der Waals surface area (Å²) in [6.45, 7) is 7.64. The number of methoxy groups -OCH3 is 2. The molecule has 0 radical (unpaired) electrons.